The molecule has 2 N–H and O–H groups in total. The Hall–Kier alpha value is -0.0200. The molecule has 0 aliphatic heterocycles. The highest BCUT2D eigenvalue weighted by Crippen LogP contribution is 2.21. The van der Waals surface area contributed by atoms with E-state index < -0.39 is 0 Å². The number of rotatable bonds is 0. The van der Waals surface area contributed by atoms with E-state index in [0.29, 0.717) is 0 Å². The van der Waals surface area contributed by atoms with Gasteiger partial charge in [-0.05, 0) is 22.0 Å². The van der Waals surface area contributed by atoms with Crippen molar-refractivity contribution in [3.63, 3.8) is 0 Å². The smallest absolute Gasteiger partial charge is 0.0719 e. The molecule has 7 heavy (non-hydrogen) atoms. The molecule has 38 valence electrons. The maximum absolute atomic E-state index is 5.36. The highest BCUT2D eigenvalue weighted by molar-refractivity contribution is 9.11. The average Bonchev–Trinajstić information content (AvgIpc) is 1.87. The van der Waals surface area contributed by atoms with Crippen LogP contribution in [0, 0.1) is 0 Å². The first kappa shape index (κ1) is 5.12. The molecule has 1 aromatic heterocycles. The molecule has 0 spiro atoms. The minimum Gasteiger partial charge on any atom is -0.398 e. The molecule has 0 bridgehead atoms. The molecule has 1 rings (SSSR count). The van der Waals surface area contributed by atoms with Crippen LogP contribution in [-0.4, -0.2) is 0 Å². The molecule has 1 heterocycles. The second-order valence-electron chi connectivity index (χ2n) is 1.18. The van der Waals surface area contributed by atoms with E-state index >= 15 is 0 Å². The lowest BCUT2D eigenvalue weighted by Crippen LogP contribution is -1.74. The van der Waals surface area contributed by atoms with Crippen molar-refractivity contribution in [2.24, 2.45) is 0 Å². The topological polar surface area (TPSA) is 26.0 Å². The summed E-state index contributed by atoms with van der Waals surface area (Å²) in [4.78, 5) is 0. The summed E-state index contributed by atoms with van der Waals surface area (Å²) in [5.74, 6) is 0. The molecule has 1 aromatic rings. The van der Waals surface area contributed by atoms with Crippen LogP contribution >= 0.6 is 27.3 Å². The normalized spacial score (nSPS) is 9.29. The monoisotopic (exact) mass is 177 g/mol. The van der Waals surface area contributed by atoms with E-state index in [1.807, 2.05) is 11.4 Å². The third-order valence-electron chi connectivity index (χ3n) is 0.588. The van der Waals surface area contributed by atoms with E-state index in [4.69, 9.17) is 5.73 Å². The van der Waals surface area contributed by atoms with Crippen molar-refractivity contribution in [3.8, 4) is 0 Å². The Morgan fingerprint density at radius 1 is 1.71 bits per heavy atom. The van der Waals surface area contributed by atoms with Crippen molar-refractivity contribution in [1.29, 1.82) is 0 Å². The summed E-state index contributed by atoms with van der Waals surface area (Å²) in [5, 5.41) is 1.89. The Morgan fingerprint density at radius 2 is 2.43 bits per heavy atom. The van der Waals surface area contributed by atoms with Crippen LogP contribution in [0.15, 0.2) is 15.2 Å². The first-order chi connectivity index (χ1) is 3.29. The molecule has 0 aliphatic carbocycles. The molecule has 0 fully saturated rings. The zero-order valence-corrected chi connectivity index (χ0v) is 5.92. The summed E-state index contributed by atoms with van der Waals surface area (Å²) >= 11 is 4.87. The van der Waals surface area contributed by atoms with Crippen LogP contribution in [0.25, 0.3) is 0 Å². The zero-order valence-electron chi connectivity index (χ0n) is 3.52. The van der Waals surface area contributed by atoms with Gasteiger partial charge in [0.05, 0.1) is 3.79 Å². The maximum Gasteiger partial charge on any atom is 0.0719 e. The predicted octanol–water partition coefficient (Wildman–Crippen LogP) is 2.09. The summed E-state index contributed by atoms with van der Waals surface area (Å²) < 4.78 is 1.09. The predicted molar refractivity (Wildman–Crippen MR) is 36.4 cm³/mol. The number of nitrogen functional groups attached to an aromatic ring is 1. The molecule has 3 heteroatoms. The molecule has 1 nitrogen and oxygen atoms in total. The van der Waals surface area contributed by atoms with Crippen molar-refractivity contribution in [3.05, 3.63) is 15.2 Å². The molecular formula is C4H4BrNS. The van der Waals surface area contributed by atoms with Crippen molar-refractivity contribution < 1.29 is 0 Å². The van der Waals surface area contributed by atoms with Gasteiger partial charge < -0.3 is 5.73 Å². The molecule has 0 amide bonds. The van der Waals surface area contributed by atoms with Gasteiger partial charge in [-0.2, -0.15) is 0 Å². The first-order valence-corrected chi connectivity index (χ1v) is 3.46. The molecular weight excluding hydrogens is 174 g/mol. The SMILES string of the molecule is Nc1csc(Br)c1. The summed E-state index contributed by atoms with van der Waals surface area (Å²) in [6, 6.07) is 1.88. The third kappa shape index (κ3) is 1.17. The van der Waals surface area contributed by atoms with Gasteiger partial charge in [0.2, 0.25) is 0 Å². The van der Waals surface area contributed by atoms with Gasteiger partial charge in [0.1, 0.15) is 0 Å². The van der Waals surface area contributed by atoms with Crippen LogP contribution in [0.1, 0.15) is 0 Å². The number of hydrogen-bond acceptors (Lipinski definition) is 2. The summed E-state index contributed by atoms with van der Waals surface area (Å²) in [6.07, 6.45) is 0. The minimum absolute atomic E-state index is 0.830. The highest BCUT2D eigenvalue weighted by atomic mass is 79.9. The van der Waals surface area contributed by atoms with Crippen molar-refractivity contribution in [1.82, 2.24) is 0 Å². The zero-order chi connectivity index (χ0) is 5.28. The third-order valence-corrected chi connectivity index (χ3v) is 2.11. The Labute approximate surface area is 54.3 Å². The van der Waals surface area contributed by atoms with Gasteiger partial charge in [-0.3, -0.25) is 0 Å². The van der Waals surface area contributed by atoms with Crippen LogP contribution in [0.4, 0.5) is 5.69 Å². The molecule has 0 saturated carbocycles. The Balaban J connectivity index is 3.04. The molecule has 0 saturated heterocycles. The van der Waals surface area contributed by atoms with Gasteiger partial charge in [0, 0.05) is 11.1 Å². The van der Waals surface area contributed by atoms with Gasteiger partial charge in [0.15, 0.2) is 0 Å². The molecule has 0 atom stereocenters. The van der Waals surface area contributed by atoms with E-state index in [1.165, 1.54) is 0 Å². The van der Waals surface area contributed by atoms with Crippen LogP contribution in [0.2, 0.25) is 0 Å². The highest BCUT2D eigenvalue weighted by Gasteiger charge is 1.86. The standard InChI is InChI=1S/C4H4BrNS/c5-4-1-3(6)2-7-4/h1-2H,6H2. The minimum atomic E-state index is 0.830. The Bertz CT molecular complexity index is 144. The quantitative estimate of drug-likeness (QED) is 0.646. The van der Waals surface area contributed by atoms with Crippen molar-refractivity contribution in [2.45, 2.75) is 0 Å². The van der Waals surface area contributed by atoms with E-state index in [2.05, 4.69) is 15.9 Å². The Morgan fingerprint density at radius 3 is 2.57 bits per heavy atom. The molecule has 0 radical (unpaired) electrons. The second kappa shape index (κ2) is 1.84. The van der Waals surface area contributed by atoms with E-state index in [1.54, 1.807) is 11.3 Å². The number of hydrogen-bond donors (Lipinski definition) is 1. The number of halogens is 1. The largest absolute Gasteiger partial charge is 0.398 e. The Kier molecular flexibility index (Phi) is 1.35. The van der Waals surface area contributed by atoms with Gasteiger partial charge in [0.25, 0.3) is 0 Å². The van der Waals surface area contributed by atoms with Crippen molar-refractivity contribution >= 4 is 33.0 Å². The van der Waals surface area contributed by atoms with Crippen LogP contribution < -0.4 is 5.73 Å². The number of anilines is 1. The lowest BCUT2D eigenvalue weighted by molar-refractivity contribution is 1.86. The lowest BCUT2D eigenvalue weighted by atomic mass is 10.6. The average molecular weight is 178 g/mol. The van der Waals surface area contributed by atoms with Crippen LogP contribution in [0.3, 0.4) is 0 Å². The van der Waals surface area contributed by atoms with Gasteiger partial charge in [-0.15, -0.1) is 11.3 Å². The fourth-order valence-corrected chi connectivity index (χ4v) is 1.39. The molecule has 0 unspecified atom stereocenters. The van der Waals surface area contributed by atoms with E-state index in [9.17, 15) is 0 Å². The van der Waals surface area contributed by atoms with Crippen LogP contribution in [0.5, 0.6) is 0 Å². The molecule has 0 aliphatic rings. The van der Waals surface area contributed by atoms with Crippen molar-refractivity contribution in [2.75, 3.05) is 5.73 Å². The first-order valence-electron chi connectivity index (χ1n) is 1.78. The van der Waals surface area contributed by atoms with Crippen LogP contribution in [-0.2, 0) is 0 Å². The fourth-order valence-electron chi connectivity index (χ4n) is 0.323. The fraction of sp³-hybridized carbons (Fsp3) is 0. The molecule has 0 aromatic carbocycles. The number of nitrogens with two attached hydrogens (primary N) is 1. The summed E-state index contributed by atoms with van der Waals surface area (Å²) in [6.45, 7) is 0. The second-order valence-corrected chi connectivity index (χ2v) is 3.47. The van der Waals surface area contributed by atoms with Gasteiger partial charge in [-0.25, -0.2) is 0 Å². The van der Waals surface area contributed by atoms with Gasteiger partial charge >= 0.3 is 0 Å². The lowest BCUT2D eigenvalue weighted by Gasteiger charge is -1.70. The van der Waals surface area contributed by atoms with E-state index in [-0.39, 0.29) is 0 Å². The number of thiophene rings is 1. The van der Waals surface area contributed by atoms with E-state index in [0.717, 1.165) is 9.47 Å². The summed E-state index contributed by atoms with van der Waals surface area (Å²) in [5.41, 5.74) is 6.19. The summed E-state index contributed by atoms with van der Waals surface area (Å²) in [7, 11) is 0. The van der Waals surface area contributed by atoms with Gasteiger partial charge in [-0.1, -0.05) is 0 Å². The maximum atomic E-state index is 5.36.